The van der Waals surface area contributed by atoms with Gasteiger partial charge >= 0.3 is 12.2 Å². The fourth-order valence-electron chi connectivity index (χ4n) is 1.92. The normalized spacial score (nSPS) is 11.2. The molecule has 4 N–H and O–H groups in total. The summed E-state index contributed by atoms with van der Waals surface area (Å²) < 4.78 is 10.2. The molecule has 0 saturated heterocycles. The van der Waals surface area contributed by atoms with E-state index < -0.39 is 23.4 Å². The number of aromatic nitrogens is 1. The maximum absolute atomic E-state index is 12.1. The number of pyridine rings is 1. The highest BCUT2D eigenvalue weighted by Crippen LogP contribution is 2.08. The van der Waals surface area contributed by atoms with Crippen molar-refractivity contribution in [3.05, 3.63) is 23.9 Å². The number of nitrogens with zero attached hydrogens (tertiary/aromatic N) is 1. The van der Waals surface area contributed by atoms with Crippen LogP contribution in [0.5, 0.6) is 0 Å². The number of hydrogen-bond donors (Lipinski definition) is 4. The molecule has 0 spiro atoms. The van der Waals surface area contributed by atoms with E-state index in [1.807, 2.05) is 0 Å². The second-order valence-corrected chi connectivity index (χ2v) is 8.22. The van der Waals surface area contributed by atoms with E-state index in [1.54, 1.807) is 53.7 Å². The summed E-state index contributed by atoms with van der Waals surface area (Å²) in [6, 6.07) is 3.12. The summed E-state index contributed by atoms with van der Waals surface area (Å²) in [5.41, 5.74) is 4.17. The molecular formula is C19H31N5O5. The van der Waals surface area contributed by atoms with Gasteiger partial charge in [-0.25, -0.2) is 20.0 Å². The third kappa shape index (κ3) is 11.4. The number of ether oxygens (including phenoxy) is 2. The summed E-state index contributed by atoms with van der Waals surface area (Å²) in [6.07, 6.45) is 0.808. The molecule has 1 rings (SSSR count). The lowest BCUT2D eigenvalue weighted by Crippen LogP contribution is -2.36. The summed E-state index contributed by atoms with van der Waals surface area (Å²) in [5.74, 6) is 0.0652. The SMILES string of the molecule is CC(C)(C)OC(=O)NCCCNC(=O)c1ccc(NNC(=O)OC(C)(C)C)nc1. The zero-order valence-corrected chi connectivity index (χ0v) is 17.8. The van der Waals surface area contributed by atoms with Crippen molar-refractivity contribution in [1.82, 2.24) is 21.0 Å². The maximum Gasteiger partial charge on any atom is 0.426 e. The van der Waals surface area contributed by atoms with Gasteiger partial charge in [-0.05, 0) is 60.1 Å². The zero-order chi connectivity index (χ0) is 22.1. The van der Waals surface area contributed by atoms with Crippen LogP contribution < -0.4 is 21.5 Å². The molecular weight excluding hydrogens is 378 g/mol. The Morgan fingerprint density at radius 1 is 0.897 bits per heavy atom. The topological polar surface area (TPSA) is 131 Å². The first kappa shape index (κ1) is 24.0. The first-order valence-corrected chi connectivity index (χ1v) is 9.32. The molecule has 29 heavy (non-hydrogen) atoms. The van der Waals surface area contributed by atoms with E-state index in [0.29, 0.717) is 30.9 Å². The first-order valence-electron chi connectivity index (χ1n) is 9.32. The third-order valence-corrected chi connectivity index (χ3v) is 3.02. The van der Waals surface area contributed by atoms with Crippen LogP contribution in [0.3, 0.4) is 0 Å². The van der Waals surface area contributed by atoms with Gasteiger partial charge < -0.3 is 20.1 Å². The minimum absolute atomic E-state index is 0.290. The Balaban J connectivity index is 2.30. The molecule has 162 valence electrons. The maximum atomic E-state index is 12.1. The van der Waals surface area contributed by atoms with E-state index >= 15 is 0 Å². The number of amides is 3. The minimum atomic E-state index is -0.638. The van der Waals surface area contributed by atoms with Crippen LogP contribution >= 0.6 is 0 Å². The molecule has 0 aliphatic rings. The van der Waals surface area contributed by atoms with Gasteiger partial charge in [0.1, 0.15) is 17.0 Å². The molecule has 1 aromatic rings. The summed E-state index contributed by atoms with van der Waals surface area (Å²) in [6.45, 7) is 11.4. The molecule has 0 saturated carbocycles. The average molecular weight is 409 g/mol. The van der Waals surface area contributed by atoms with E-state index in [9.17, 15) is 14.4 Å². The van der Waals surface area contributed by atoms with Gasteiger partial charge in [0, 0.05) is 19.3 Å². The van der Waals surface area contributed by atoms with Crippen LogP contribution in [0.4, 0.5) is 15.4 Å². The van der Waals surface area contributed by atoms with Gasteiger partial charge in [-0.3, -0.25) is 10.2 Å². The van der Waals surface area contributed by atoms with Crippen molar-refractivity contribution >= 4 is 23.9 Å². The number of rotatable bonds is 7. The van der Waals surface area contributed by atoms with E-state index in [1.165, 1.54) is 6.20 Å². The molecule has 10 nitrogen and oxygen atoms in total. The fraction of sp³-hybridized carbons (Fsp3) is 0.579. The molecule has 0 atom stereocenters. The lowest BCUT2D eigenvalue weighted by molar-refractivity contribution is 0.0520. The van der Waals surface area contributed by atoms with Crippen molar-refractivity contribution in [3.8, 4) is 0 Å². The van der Waals surface area contributed by atoms with Gasteiger partial charge in [-0.15, -0.1) is 0 Å². The zero-order valence-electron chi connectivity index (χ0n) is 17.8. The van der Waals surface area contributed by atoms with Gasteiger partial charge in [0.15, 0.2) is 0 Å². The van der Waals surface area contributed by atoms with E-state index in [0.717, 1.165) is 0 Å². The van der Waals surface area contributed by atoms with Crippen LogP contribution in [0.15, 0.2) is 18.3 Å². The quantitative estimate of drug-likeness (QED) is 0.402. The molecule has 0 radical (unpaired) electrons. The number of nitrogens with one attached hydrogen (secondary N) is 4. The van der Waals surface area contributed by atoms with E-state index in [-0.39, 0.29) is 5.91 Å². The lowest BCUT2D eigenvalue weighted by atomic mass is 10.2. The highest BCUT2D eigenvalue weighted by atomic mass is 16.6. The Labute approximate surface area is 171 Å². The van der Waals surface area contributed by atoms with E-state index in [2.05, 4.69) is 26.5 Å². The van der Waals surface area contributed by atoms with Crippen molar-refractivity contribution in [2.45, 2.75) is 59.2 Å². The highest BCUT2D eigenvalue weighted by Gasteiger charge is 2.16. The predicted molar refractivity (Wildman–Crippen MR) is 108 cm³/mol. The number of carbonyl (C=O) groups excluding carboxylic acids is 3. The van der Waals surface area contributed by atoms with Gasteiger partial charge in [-0.2, -0.15) is 0 Å². The summed E-state index contributed by atoms with van der Waals surface area (Å²) in [4.78, 5) is 39.2. The van der Waals surface area contributed by atoms with Crippen LogP contribution in [0, 0.1) is 0 Å². The summed E-state index contributed by atoms with van der Waals surface area (Å²) >= 11 is 0. The summed E-state index contributed by atoms with van der Waals surface area (Å²) in [5, 5.41) is 5.35. The van der Waals surface area contributed by atoms with Crippen molar-refractivity contribution in [2.75, 3.05) is 18.5 Å². The monoisotopic (exact) mass is 409 g/mol. The van der Waals surface area contributed by atoms with Crippen molar-refractivity contribution < 1.29 is 23.9 Å². The van der Waals surface area contributed by atoms with E-state index in [4.69, 9.17) is 9.47 Å². The molecule has 0 aromatic carbocycles. The van der Waals surface area contributed by atoms with Crippen LogP contribution in [0.1, 0.15) is 58.3 Å². The second-order valence-electron chi connectivity index (χ2n) is 8.22. The second kappa shape index (κ2) is 10.5. The number of carbonyl (C=O) groups is 3. The largest absolute Gasteiger partial charge is 0.444 e. The molecule has 0 fully saturated rings. The smallest absolute Gasteiger partial charge is 0.426 e. The minimum Gasteiger partial charge on any atom is -0.444 e. The molecule has 0 bridgehead atoms. The molecule has 0 unspecified atom stereocenters. The fourth-order valence-corrected chi connectivity index (χ4v) is 1.92. The summed E-state index contributed by atoms with van der Waals surface area (Å²) in [7, 11) is 0. The highest BCUT2D eigenvalue weighted by molar-refractivity contribution is 5.94. The standard InChI is InChI=1S/C19H31N5O5/c1-18(2,3)28-16(26)21-11-7-10-20-15(25)13-8-9-14(22-12-13)23-24-17(27)29-19(4,5)6/h8-9,12H,7,10-11H2,1-6H3,(H,20,25)(H,21,26)(H,22,23)(H,24,27). The van der Waals surface area contributed by atoms with Crippen LogP contribution in [0.25, 0.3) is 0 Å². The Morgan fingerprint density at radius 3 is 2.03 bits per heavy atom. The average Bonchev–Trinajstić information content (AvgIpc) is 2.57. The van der Waals surface area contributed by atoms with Gasteiger partial charge in [0.05, 0.1) is 5.56 Å². The Hall–Kier alpha value is -3.04. The Kier molecular flexibility index (Phi) is 8.68. The molecule has 3 amide bonds. The van der Waals surface area contributed by atoms with Gasteiger partial charge in [0.25, 0.3) is 5.91 Å². The van der Waals surface area contributed by atoms with Crippen molar-refractivity contribution in [2.24, 2.45) is 0 Å². The van der Waals surface area contributed by atoms with Gasteiger partial charge in [-0.1, -0.05) is 0 Å². The Morgan fingerprint density at radius 2 is 1.48 bits per heavy atom. The lowest BCUT2D eigenvalue weighted by Gasteiger charge is -2.19. The number of anilines is 1. The predicted octanol–water partition coefficient (Wildman–Crippen LogP) is 2.58. The molecule has 1 heterocycles. The molecule has 10 heteroatoms. The van der Waals surface area contributed by atoms with Crippen molar-refractivity contribution in [3.63, 3.8) is 0 Å². The van der Waals surface area contributed by atoms with Gasteiger partial charge in [0.2, 0.25) is 0 Å². The van der Waals surface area contributed by atoms with Crippen LogP contribution in [-0.2, 0) is 9.47 Å². The molecule has 0 aliphatic carbocycles. The number of alkyl carbamates (subject to hydrolysis) is 1. The number of hydrazine groups is 1. The number of hydrogen-bond acceptors (Lipinski definition) is 7. The third-order valence-electron chi connectivity index (χ3n) is 3.02. The first-order chi connectivity index (χ1) is 13.4. The Bertz CT molecular complexity index is 692. The molecule has 1 aromatic heterocycles. The van der Waals surface area contributed by atoms with Crippen molar-refractivity contribution in [1.29, 1.82) is 0 Å². The molecule has 0 aliphatic heterocycles. The van der Waals surface area contributed by atoms with Crippen LogP contribution in [0.2, 0.25) is 0 Å². The van der Waals surface area contributed by atoms with Crippen LogP contribution in [-0.4, -0.2) is 47.4 Å².